The smallest absolute Gasteiger partial charge is 0.314 e. The van der Waals surface area contributed by atoms with E-state index in [-0.39, 0.29) is 5.88 Å². The summed E-state index contributed by atoms with van der Waals surface area (Å²) in [4.78, 5) is 14.7. The number of carboxylic acid groups (broad SMARTS) is 1. The molecule has 1 aromatic rings. The quantitative estimate of drug-likeness (QED) is 0.819. The second-order valence-electron chi connectivity index (χ2n) is 3.60. The van der Waals surface area contributed by atoms with Crippen molar-refractivity contribution in [2.45, 2.75) is 18.3 Å². The van der Waals surface area contributed by atoms with Crippen molar-refractivity contribution in [1.82, 2.24) is 4.98 Å². The van der Waals surface area contributed by atoms with Crippen LogP contribution in [-0.4, -0.2) is 23.2 Å². The zero-order chi connectivity index (χ0) is 11.1. The van der Waals surface area contributed by atoms with Crippen LogP contribution in [0, 0.1) is 5.82 Å². The zero-order valence-corrected chi connectivity index (χ0v) is 8.16. The number of nitrogens with zero attached hydrogens (tertiary/aromatic N) is 1. The van der Waals surface area contributed by atoms with E-state index in [1.807, 2.05) is 0 Å². The average Bonchev–Trinajstić information content (AvgIpc) is 2.98. The summed E-state index contributed by atoms with van der Waals surface area (Å²) < 4.78 is 18.0. The van der Waals surface area contributed by atoms with E-state index in [9.17, 15) is 9.18 Å². The summed E-state index contributed by atoms with van der Waals surface area (Å²) in [7, 11) is 1.31. The highest BCUT2D eigenvalue weighted by Gasteiger charge is 2.52. The molecule has 0 radical (unpaired) electrons. The van der Waals surface area contributed by atoms with Gasteiger partial charge in [0.2, 0.25) is 5.88 Å². The van der Waals surface area contributed by atoms with Crippen LogP contribution in [0.5, 0.6) is 5.88 Å². The highest BCUT2D eigenvalue weighted by molar-refractivity contribution is 5.84. The van der Waals surface area contributed by atoms with Gasteiger partial charge in [-0.1, -0.05) is 0 Å². The molecule has 15 heavy (non-hydrogen) atoms. The predicted octanol–water partition coefficient (Wildman–Crippen LogP) is 1.35. The number of hydrogen-bond acceptors (Lipinski definition) is 3. The Balaban J connectivity index is 2.39. The number of aromatic nitrogens is 1. The van der Waals surface area contributed by atoms with Crippen molar-refractivity contribution in [2.75, 3.05) is 7.11 Å². The number of methoxy groups -OCH3 is 1. The first kappa shape index (κ1) is 9.89. The van der Waals surface area contributed by atoms with Gasteiger partial charge in [0.05, 0.1) is 12.5 Å². The topological polar surface area (TPSA) is 59.4 Å². The minimum atomic E-state index is -0.922. The Kier molecular flexibility index (Phi) is 2.10. The first-order valence-electron chi connectivity index (χ1n) is 4.53. The van der Waals surface area contributed by atoms with Crippen molar-refractivity contribution >= 4 is 5.97 Å². The monoisotopic (exact) mass is 211 g/mol. The second-order valence-corrected chi connectivity index (χ2v) is 3.60. The van der Waals surface area contributed by atoms with Crippen LogP contribution in [0.4, 0.5) is 4.39 Å². The Morgan fingerprint density at radius 2 is 2.33 bits per heavy atom. The van der Waals surface area contributed by atoms with Gasteiger partial charge in [0, 0.05) is 6.20 Å². The van der Waals surface area contributed by atoms with E-state index in [0.717, 1.165) is 0 Å². The number of carboxylic acids is 1. The Morgan fingerprint density at radius 3 is 2.73 bits per heavy atom. The minimum Gasteiger partial charge on any atom is -0.481 e. The number of rotatable bonds is 3. The van der Waals surface area contributed by atoms with Gasteiger partial charge in [0.15, 0.2) is 5.82 Å². The number of ether oxygens (including phenoxy) is 1. The lowest BCUT2D eigenvalue weighted by molar-refractivity contribution is -0.140. The molecule has 0 amide bonds. The summed E-state index contributed by atoms with van der Waals surface area (Å²) in [6.45, 7) is 0. The van der Waals surface area contributed by atoms with Crippen molar-refractivity contribution in [3.63, 3.8) is 0 Å². The second kappa shape index (κ2) is 3.18. The Bertz CT molecular complexity index is 415. The van der Waals surface area contributed by atoms with E-state index in [1.54, 1.807) is 0 Å². The van der Waals surface area contributed by atoms with Gasteiger partial charge in [-0.3, -0.25) is 4.79 Å². The first-order chi connectivity index (χ1) is 7.10. The first-order valence-corrected chi connectivity index (χ1v) is 4.53. The summed E-state index contributed by atoms with van der Waals surface area (Å²) in [6.07, 6.45) is 2.44. The van der Waals surface area contributed by atoms with Gasteiger partial charge < -0.3 is 9.84 Å². The summed E-state index contributed by atoms with van der Waals surface area (Å²) in [5, 5.41) is 8.99. The molecule has 0 bridgehead atoms. The summed E-state index contributed by atoms with van der Waals surface area (Å²) in [5.41, 5.74) is -0.506. The maximum Gasteiger partial charge on any atom is 0.314 e. The van der Waals surface area contributed by atoms with Crippen LogP contribution in [0.1, 0.15) is 18.4 Å². The molecule has 0 saturated heterocycles. The van der Waals surface area contributed by atoms with Gasteiger partial charge in [0.25, 0.3) is 0 Å². The van der Waals surface area contributed by atoms with Gasteiger partial charge in [-0.05, 0) is 24.5 Å². The molecule has 2 rings (SSSR count). The molecule has 5 heteroatoms. The molecule has 0 unspecified atom stereocenters. The Hall–Kier alpha value is -1.65. The zero-order valence-electron chi connectivity index (χ0n) is 8.16. The van der Waals surface area contributed by atoms with Crippen LogP contribution in [-0.2, 0) is 10.2 Å². The van der Waals surface area contributed by atoms with Gasteiger partial charge in [-0.2, -0.15) is 0 Å². The molecular formula is C10H10FNO3. The van der Waals surface area contributed by atoms with Crippen molar-refractivity contribution in [2.24, 2.45) is 0 Å². The largest absolute Gasteiger partial charge is 0.481 e. The molecule has 1 aromatic heterocycles. The van der Waals surface area contributed by atoms with Gasteiger partial charge in [-0.25, -0.2) is 9.37 Å². The highest BCUT2D eigenvalue weighted by atomic mass is 19.1. The third-order valence-corrected chi connectivity index (χ3v) is 2.71. The molecule has 1 aliphatic carbocycles. The maximum absolute atomic E-state index is 13.3. The molecule has 0 aromatic carbocycles. The van der Waals surface area contributed by atoms with E-state index in [2.05, 4.69) is 9.72 Å². The lowest BCUT2D eigenvalue weighted by Gasteiger charge is -2.10. The van der Waals surface area contributed by atoms with Crippen LogP contribution in [0.3, 0.4) is 0 Å². The van der Waals surface area contributed by atoms with E-state index < -0.39 is 17.2 Å². The van der Waals surface area contributed by atoms with Crippen molar-refractivity contribution in [1.29, 1.82) is 0 Å². The van der Waals surface area contributed by atoms with Crippen LogP contribution in [0.15, 0.2) is 12.3 Å². The number of carbonyl (C=O) groups is 1. The van der Waals surface area contributed by atoms with E-state index in [1.165, 1.54) is 19.4 Å². The molecule has 0 spiro atoms. The fourth-order valence-electron chi connectivity index (χ4n) is 1.59. The average molecular weight is 211 g/mol. The van der Waals surface area contributed by atoms with Crippen LogP contribution < -0.4 is 4.74 Å². The lowest BCUT2D eigenvalue weighted by atomic mass is 9.98. The number of hydrogen-bond donors (Lipinski definition) is 1. The third-order valence-electron chi connectivity index (χ3n) is 2.71. The molecule has 1 aliphatic rings. The molecule has 1 heterocycles. The summed E-state index contributed by atoms with van der Waals surface area (Å²) in [5.74, 6) is -1.66. The van der Waals surface area contributed by atoms with Crippen molar-refractivity contribution < 1.29 is 19.0 Å². The number of pyridine rings is 1. The van der Waals surface area contributed by atoms with Gasteiger partial charge in [0.1, 0.15) is 0 Å². The Morgan fingerprint density at radius 1 is 1.67 bits per heavy atom. The molecule has 1 saturated carbocycles. The van der Waals surface area contributed by atoms with Crippen LogP contribution in [0.25, 0.3) is 0 Å². The standard InChI is InChI=1S/C10H10FNO3/c1-15-8-7(11)4-6(5-12-8)10(2-3-10)9(13)14/h4-5H,2-3H2,1H3,(H,13,14). The fraction of sp³-hybridized carbons (Fsp3) is 0.400. The van der Waals surface area contributed by atoms with Crippen LogP contribution >= 0.6 is 0 Å². The molecule has 4 nitrogen and oxygen atoms in total. The van der Waals surface area contributed by atoms with Crippen molar-refractivity contribution in [3.8, 4) is 5.88 Å². The highest BCUT2D eigenvalue weighted by Crippen LogP contribution is 2.48. The SMILES string of the molecule is COc1ncc(C2(C(=O)O)CC2)cc1F. The van der Waals surface area contributed by atoms with Crippen LogP contribution in [0.2, 0.25) is 0 Å². The fourth-order valence-corrected chi connectivity index (χ4v) is 1.59. The van der Waals surface area contributed by atoms with E-state index in [4.69, 9.17) is 5.11 Å². The van der Waals surface area contributed by atoms with Gasteiger partial charge >= 0.3 is 5.97 Å². The minimum absolute atomic E-state index is 0.111. The number of aliphatic carboxylic acids is 1. The maximum atomic E-state index is 13.3. The van der Waals surface area contributed by atoms with E-state index in [0.29, 0.717) is 18.4 Å². The normalized spacial score (nSPS) is 17.2. The predicted molar refractivity (Wildman–Crippen MR) is 49.3 cm³/mol. The van der Waals surface area contributed by atoms with Gasteiger partial charge in [-0.15, -0.1) is 0 Å². The van der Waals surface area contributed by atoms with Crippen molar-refractivity contribution in [3.05, 3.63) is 23.6 Å². The molecule has 1 fully saturated rings. The lowest BCUT2D eigenvalue weighted by Crippen LogP contribution is -2.20. The molecular weight excluding hydrogens is 201 g/mol. The molecule has 0 aliphatic heterocycles. The molecule has 1 N–H and O–H groups in total. The third kappa shape index (κ3) is 1.44. The Labute approximate surface area is 85.7 Å². The summed E-state index contributed by atoms with van der Waals surface area (Å²) >= 11 is 0. The van der Waals surface area contributed by atoms with E-state index >= 15 is 0 Å². The molecule has 80 valence electrons. The molecule has 0 atom stereocenters. The number of halogens is 1. The summed E-state index contributed by atoms with van der Waals surface area (Å²) in [6, 6.07) is 1.19.